The van der Waals surface area contributed by atoms with Gasteiger partial charge in [-0.05, 0) is 42.2 Å². The number of aryl methyl sites for hydroxylation is 1. The molecule has 33 heavy (non-hydrogen) atoms. The zero-order valence-corrected chi connectivity index (χ0v) is 21.0. The third kappa shape index (κ3) is 6.93. The molecule has 0 unspecified atom stereocenters. The molecule has 1 aliphatic heterocycles. The van der Waals surface area contributed by atoms with E-state index in [-0.39, 0.29) is 5.91 Å². The van der Waals surface area contributed by atoms with Crippen LogP contribution in [0.3, 0.4) is 0 Å². The highest BCUT2D eigenvalue weighted by Crippen LogP contribution is 2.29. The summed E-state index contributed by atoms with van der Waals surface area (Å²) in [5.41, 5.74) is 3.28. The van der Waals surface area contributed by atoms with Gasteiger partial charge in [-0.15, -0.1) is 0 Å². The summed E-state index contributed by atoms with van der Waals surface area (Å²) in [7, 11) is -3.72. The van der Waals surface area contributed by atoms with Gasteiger partial charge < -0.3 is 10.1 Å². The molecule has 1 heterocycles. The minimum Gasteiger partial charge on any atom is -0.379 e. The van der Waals surface area contributed by atoms with Gasteiger partial charge in [-0.3, -0.25) is 14.0 Å². The number of carbonyl (C=O) groups is 1. The predicted molar refractivity (Wildman–Crippen MR) is 132 cm³/mol. The number of benzene rings is 2. The van der Waals surface area contributed by atoms with Crippen molar-refractivity contribution >= 4 is 33.2 Å². The molecule has 2 aromatic carbocycles. The van der Waals surface area contributed by atoms with Crippen molar-refractivity contribution in [2.45, 2.75) is 39.4 Å². The largest absolute Gasteiger partial charge is 0.379 e. The molecule has 7 nitrogen and oxygen atoms in total. The molecule has 1 fully saturated rings. The summed E-state index contributed by atoms with van der Waals surface area (Å²) in [4.78, 5) is 15.5. The van der Waals surface area contributed by atoms with Crippen LogP contribution in [0.15, 0.2) is 42.5 Å². The number of morpholine rings is 1. The standard InChI is InChI=1S/C24H32ClN3O4S/c1-4-22(28(33(3,30)31)23-15-21(25)9-8-18(23)2)24(29)26-16-19-6-5-7-20(14-19)17-27-10-12-32-13-11-27/h5-9,14-15,22H,4,10-13,16-17H2,1-3H3,(H,26,29)/t22-/m0/s1. The Labute approximate surface area is 201 Å². The van der Waals surface area contributed by atoms with Crippen molar-refractivity contribution in [3.8, 4) is 0 Å². The molecule has 180 valence electrons. The maximum absolute atomic E-state index is 13.1. The Morgan fingerprint density at radius 3 is 2.55 bits per heavy atom. The third-order valence-corrected chi connectivity index (χ3v) is 7.11. The minimum absolute atomic E-state index is 0.318. The Morgan fingerprint density at radius 2 is 1.88 bits per heavy atom. The summed E-state index contributed by atoms with van der Waals surface area (Å²) in [5, 5.41) is 3.34. The number of rotatable bonds is 9. The molecule has 1 N–H and O–H groups in total. The first-order valence-corrected chi connectivity index (χ1v) is 13.3. The van der Waals surface area contributed by atoms with E-state index in [1.165, 1.54) is 9.87 Å². The fourth-order valence-electron chi connectivity index (χ4n) is 4.02. The number of ether oxygens (including phenoxy) is 1. The molecule has 1 amide bonds. The molecular weight excluding hydrogens is 462 g/mol. The normalized spacial score (nSPS) is 15.8. The number of nitrogens with one attached hydrogen (secondary N) is 1. The van der Waals surface area contributed by atoms with E-state index >= 15 is 0 Å². The van der Waals surface area contributed by atoms with Gasteiger partial charge in [0, 0.05) is 31.2 Å². The lowest BCUT2D eigenvalue weighted by Crippen LogP contribution is -2.49. The van der Waals surface area contributed by atoms with Crippen LogP contribution in [-0.2, 0) is 32.6 Å². The van der Waals surface area contributed by atoms with Crippen molar-refractivity contribution in [1.29, 1.82) is 0 Å². The van der Waals surface area contributed by atoms with Gasteiger partial charge in [0.05, 0.1) is 25.2 Å². The predicted octanol–water partition coefficient (Wildman–Crippen LogP) is 3.34. The molecule has 0 spiro atoms. The fourth-order valence-corrected chi connectivity index (χ4v) is 5.45. The van der Waals surface area contributed by atoms with Crippen LogP contribution in [0.1, 0.15) is 30.0 Å². The van der Waals surface area contributed by atoms with E-state index in [1.54, 1.807) is 32.0 Å². The Kier molecular flexibility index (Phi) is 8.75. The minimum atomic E-state index is -3.72. The van der Waals surface area contributed by atoms with Crippen molar-refractivity contribution in [3.05, 3.63) is 64.2 Å². The molecule has 0 saturated carbocycles. The molecule has 2 aromatic rings. The first-order chi connectivity index (χ1) is 15.7. The summed E-state index contributed by atoms with van der Waals surface area (Å²) < 4.78 is 32.0. The highest BCUT2D eigenvalue weighted by atomic mass is 35.5. The molecule has 1 atom stereocenters. The maximum Gasteiger partial charge on any atom is 0.244 e. The fraction of sp³-hybridized carbons (Fsp3) is 0.458. The average molecular weight is 494 g/mol. The van der Waals surface area contributed by atoms with Crippen LogP contribution < -0.4 is 9.62 Å². The van der Waals surface area contributed by atoms with E-state index in [2.05, 4.69) is 22.3 Å². The number of halogens is 1. The van der Waals surface area contributed by atoms with Crippen molar-refractivity contribution in [2.24, 2.45) is 0 Å². The monoisotopic (exact) mass is 493 g/mol. The van der Waals surface area contributed by atoms with Crippen molar-refractivity contribution < 1.29 is 17.9 Å². The van der Waals surface area contributed by atoms with Gasteiger partial charge in [0.2, 0.25) is 15.9 Å². The molecule has 0 aliphatic carbocycles. The maximum atomic E-state index is 13.1. The lowest BCUT2D eigenvalue weighted by atomic mass is 10.1. The zero-order valence-electron chi connectivity index (χ0n) is 19.4. The van der Waals surface area contributed by atoms with Crippen LogP contribution in [0.2, 0.25) is 5.02 Å². The molecule has 0 aromatic heterocycles. The summed E-state index contributed by atoms with van der Waals surface area (Å²) in [5.74, 6) is -0.346. The first kappa shape index (κ1) is 25.5. The van der Waals surface area contributed by atoms with Gasteiger partial charge in [-0.2, -0.15) is 0 Å². The number of sulfonamides is 1. The zero-order chi connectivity index (χ0) is 24.0. The number of carbonyl (C=O) groups excluding carboxylic acids is 1. The smallest absolute Gasteiger partial charge is 0.244 e. The van der Waals surface area contributed by atoms with Crippen LogP contribution in [0, 0.1) is 6.92 Å². The summed E-state index contributed by atoms with van der Waals surface area (Å²) >= 11 is 6.13. The van der Waals surface area contributed by atoms with Gasteiger partial charge in [0.25, 0.3) is 0 Å². The van der Waals surface area contributed by atoms with E-state index in [9.17, 15) is 13.2 Å². The Balaban J connectivity index is 1.73. The van der Waals surface area contributed by atoms with Crippen LogP contribution >= 0.6 is 11.6 Å². The van der Waals surface area contributed by atoms with Crippen LogP contribution in [0.5, 0.6) is 0 Å². The molecule has 0 radical (unpaired) electrons. The van der Waals surface area contributed by atoms with E-state index in [0.29, 0.717) is 23.7 Å². The van der Waals surface area contributed by atoms with Crippen LogP contribution in [0.25, 0.3) is 0 Å². The second-order valence-corrected chi connectivity index (χ2v) is 10.6. The van der Waals surface area contributed by atoms with Gasteiger partial charge in [-0.25, -0.2) is 8.42 Å². The van der Waals surface area contributed by atoms with E-state index in [1.807, 2.05) is 12.1 Å². The molecule has 9 heteroatoms. The Morgan fingerprint density at radius 1 is 1.18 bits per heavy atom. The highest BCUT2D eigenvalue weighted by Gasteiger charge is 2.32. The van der Waals surface area contributed by atoms with E-state index < -0.39 is 16.1 Å². The van der Waals surface area contributed by atoms with Gasteiger partial charge in [-0.1, -0.05) is 48.9 Å². The van der Waals surface area contributed by atoms with Gasteiger partial charge >= 0.3 is 0 Å². The third-order valence-electron chi connectivity index (χ3n) is 5.71. The lowest BCUT2D eigenvalue weighted by molar-refractivity contribution is -0.122. The number of anilines is 1. The SMILES string of the molecule is CC[C@@H](C(=O)NCc1cccc(CN2CCOCC2)c1)N(c1cc(Cl)ccc1C)S(C)(=O)=O. The van der Waals surface area contributed by atoms with Crippen molar-refractivity contribution in [2.75, 3.05) is 36.9 Å². The van der Waals surface area contributed by atoms with Gasteiger partial charge in [0.1, 0.15) is 6.04 Å². The quantitative estimate of drug-likeness (QED) is 0.579. The number of amides is 1. The van der Waals surface area contributed by atoms with E-state index in [4.69, 9.17) is 16.3 Å². The molecule has 0 bridgehead atoms. The topological polar surface area (TPSA) is 79.0 Å². The summed E-state index contributed by atoms with van der Waals surface area (Å²) in [6.45, 7) is 8.05. The molecule has 1 saturated heterocycles. The van der Waals surface area contributed by atoms with Crippen LogP contribution in [0.4, 0.5) is 5.69 Å². The second kappa shape index (κ2) is 11.3. The molecule has 3 rings (SSSR count). The Hall–Kier alpha value is -2.13. The van der Waals surface area contributed by atoms with Crippen molar-refractivity contribution in [1.82, 2.24) is 10.2 Å². The lowest BCUT2D eigenvalue weighted by Gasteiger charge is -2.31. The van der Waals surface area contributed by atoms with E-state index in [0.717, 1.165) is 50.2 Å². The second-order valence-electron chi connectivity index (χ2n) is 8.34. The van der Waals surface area contributed by atoms with Gasteiger partial charge in [0.15, 0.2) is 0 Å². The number of hydrogen-bond donors (Lipinski definition) is 1. The molecular formula is C24H32ClN3O4S. The summed E-state index contributed by atoms with van der Waals surface area (Å²) in [6.07, 6.45) is 1.43. The molecule has 1 aliphatic rings. The highest BCUT2D eigenvalue weighted by molar-refractivity contribution is 7.92. The Bertz CT molecular complexity index is 1070. The summed E-state index contributed by atoms with van der Waals surface area (Å²) in [6, 6.07) is 12.2. The number of hydrogen-bond acceptors (Lipinski definition) is 5. The van der Waals surface area contributed by atoms with Crippen LogP contribution in [-0.4, -0.2) is 57.8 Å². The van der Waals surface area contributed by atoms with Crippen molar-refractivity contribution in [3.63, 3.8) is 0 Å². The number of nitrogens with zero attached hydrogens (tertiary/aromatic N) is 2. The first-order valence-electron chi connectivity index (χ1n) is 11.1. The average Bonchev–Trinajstić information content (AvgIpc) is 2.78.